The van der Waals surface area contributed by atoms with Crippen molar-refractivity contribution >= 4 is 39.6 Å². The molecule has 1 N–H and O–H groups in total. The molecular formula is C15H9BrClFO3. The van der Waals surface area contributed by atoms with Gasteiger partial charge in [-0.15, -0.1) is 0 Å². The van der Waals surface area contributed by atoms with Gasteiger partial charge in [0.2, 0.25) is 0 Å². The number of carbonyl (C=O) groups is 1. The van der Waals surface area contributed by atoms with Crippen LogP contribution in [0.5, 0.6) is 11.5 Å². The monoisotopic (exact) mass is 370 g/mol. The van der Waals surface area contributed by atoms with E-state index in [1.807, 2.05) is 0 Å². The minimum absolute atomic E-state index is 0.268. The van der Waals surface area contributed by atoms with Crippen molar-refractivity contribution in [3.8, 4) is 11.5 Å². The molecule has 0 unspecified atom stereocenters. The van der Waals surface area contributed by atoms with Crippen LogP contribution in [0.15, 0.2) is 46.9 Å². The first kappa shape index (κ1) is 15.5. The Morgan fingerprint density at radius 3 is 2.71 bits per heavy atom. The molecule has 6 heteroatoms. The lowest BCUT2D eigenvalue weighted by Gasteiger charge is -2.10. The summed E-state index contributed by atoms with van der Waals surface area (Å²) in [5.74, 6) is -0.700. The van der Waals surface area contributed by atoms with Gasteiger partial charge in [0.25, 0.3) is 0 Å². The number of aliphatic carboxylic acids is 1. The maximum atomic E-state index is 13.2. The van der Waals surface area contributed by atoms with Crippen LogP contribution < -0.4 is 4.74 Å². The highest BCUT2D eigenvalue weighted by Crippen LogP contribution is 2.31. The summed E-state index contributed by atoms with van der Waals surface area (Å²) >= 11 is 8.98. The molecule has 2 aromatic carbocycles. The predicted octanol–water partition coefficient (Wildman–Crippen LogP) is 5.13. The average molecular weight is 372 g/mol. The van der Waals surface area contributed by atoms with Gasteiger partial charge in [-0.05, 0) is 52.3 Å². The van der Waals surface area contributed by atoms with Crippen molar-refractivity contribution in [2.75, 3.05) is 0 Å². The van der Waals surface area contributed by atoms with Gasteiger partial charge in [0, 0.05) is 22.7 Å². The minimum atomic E-state index is -1.07. The number of hydrogen-bond donors (Lipinski definition) is 1. The van der Waals surface area contributed by atoms with Crippen LogP contribution in [0.2, 0.25) is 5.02 Å². The minimum Gasteiger partial charge on any atom is -0.478 e. The molecule has 2 aromatic rings. The van der Waals surface area contributed by atoms with E-state index in [2.05, 4.69) is 15.9 Å². The van der Waals surface area contributed by atoms with Crippen LogP contribution in [-0.2, 0) is 4.79 Å². The fraction of sp³-hybridized carbons (Fsp3) is 0. The lowest BCUT2D eigenvalue weighted by molar-refractivity contribution is -0.131. The van der Waals surface area contributed by atoms with Crippen molar-refractivity contribution in [2.24, 2.45) is 0 Å². The molecule has 0 fully saturated rings. The van der Waals surface area contributed by atoms with Gasteiger partial charge in [-0.25, -0.2) is 9.18 Å². The molecule has 0 spiro atoms. The van der Waals surface area contributed by atoms with Crippen LogP contribution in [0, 0.1) is 5.82 Å². The second-order valence-electron chi connectivity index (χ2n) is 4.03. The van der Waals surface area contributed by atoms with E-state index in [1.54, 1.807) is 18.2 Å². The van der Waals surface area contributed by atoms with E-state index in [1.165, 1.54) is 24.3 Å². The smallest absolute Gasteiger partial charge is 0.328 e. The first-order chi connectivity index (χ1) is 9.95. The Morgan fingerprint density at radius 1 is 1.29 bits per heavy atom. The molecule has 21 heavy (non-hydrogen) atoms. The fourth-order valence-electron chi connectivity index (χ4n) is 1.56. The second kappa shape index (κ2) is 6.74. The molecule has 0 aliphatic carbocycles. The third-order valence-corrected chi connectivity index (χ3v) is 3.34. The Balaban J connectivity index is 2.35. The second-order valence-corrected chi connectivity index (χ2v) is 5.32. The van der Waals surface area contributed by atoms with Crippen molar-refractivity contribution in [3.63, 3.8) is 0 Å². The molecular weight excluding hydrogens is 363 g/mol. The molecule has 3 nitrogen and oxygen atoms in total. The molecule has 0 saturated carbocycles. The lowest BCUT2D eigenvalue weighted by atomic mass is 10.2. The molecule has 0 aliphatic heterocycles. The van der Waals surface area contributed by atoms with Crippen molar-refractivity contribution in [3.05, 3.63) is 63.4 Å². The van der Waals surface area contributed by atoms with E-state index in [-0.39, 0.29) is 4.47 Å². The molecule has 2 rings (SSSR count). The van der Waals surface area contributed by atoms with Gasteiger partial charge in [0.15, 0.2) is 0 Å². The first-order valence-corrected chi connectivity index (χ1v) is 6.96. The molecule has 0 radical (unpaired) electrons. The van der Waals surface area contributed by atoms with E-state index in [0.29, 0.717) is 22.1 Å². The summed E-state index contributed by atoms with van der Waals surface area (Å²) in [6.07, 6.45) is 2.39. The highest BCUT2D eigenvalue weighted by atomic mass is 79.9. The molecule has 0 saturated heterocycles. The normalized spacial score (nSPS) is 10.8. The Hall–Kier alpha value is -1.85. The average Bonchev–Trinajstić information content (AvgIpc) is 2.42. The summed E-state index contributed by atoms with van der Waals surface area (Å²) in [4.78, 5) is 10.6. The Bertz CT molecular complexity index is 716. The van der Waals surface area contributed by atoms with Crippen LogP contribution in [0.4, 0.5) is 4.39 Å². The maximum Gasteiger partial charge on any atom is 0.328 e. The molecule has 0 heterocycles. The largest absolute Gasteiger partial charge is 0.478 e. The zero-order valence-electron chi connectivity index (χ0n) is 10.5. The SMILES string of the molecule is O=C(O)/C=C/c1ccc(Cl)cc1Oc1ccc(F)c(Br)c1. The van der Waals surface area contributed by atoms with Gasteiger partial charge >= 0.3 is 5.97 Å². The maximum absolute atomic E-state index is 13.2. The fourth-order valence-corrected chi connectivity index (χ4v) is 2.08. The number of benzene rings is 2. The Kier molecular flexibility index (Phi) is 4.98. The predicted molar refractivity (Wildman–Crippen MR) is 82.3 cm³/mol. The Labute approximate surface area is 133 Å². The van der Waals surface area contributed by atoms with E-state index in [9.17, 15) is 9.18 Å². The molecule has 108 valence electrons. The van der Waals surface area contributed by atoms with Crippen LogP contribution in [-0.4, -0.2) is 11.1 Å². The van der Waals surface area contributed by atoms with E-state index in [4.69, 9.17) is 21.4 Å². The van der Waals surface area contributed by atoms with Gasteiger partial charge in [0.1, 0.15) is 17.3 Å². The van der Waals surface area contributed by atoms with Gasteiger partial charge < -0.3 is 9.84 Å². The lowest BCUT2D eigenvalue weighted by Crippen LogP contribution is -1.90. The summed E-state index contributed by atoms with van der Waals surface area (Å²) in [5.41, 5.74) is 0.544. The number of carboxylic acid groups (broad SMARTS) is 1. The summed E-state index contributed by atoms with van der Waals surface area (Å²) in [7, 11) is 0. The number of carboxylic acids is 1. The van der Waals surface area contributed by atoms with Crippen molar-refractivity contribution in [1.82, 2.24) is 0 Å². The van der Waals surface area contributed by atoms with Gasteiger partial charge in [-0.3, -0.25) is 0 Å². The molecule has 0 amide bonds. The quantitative estimate of drug-likeness (QED) is 0.758. The number of ether oxygens (including phenoxy) is 1. The molecule has 0 aromatic heterocycles. The van der Waals surface area contributed by atoms with Crippen molar-refractivity contribution in [2.45, 2.75) is 0 Å². The summed E-state index contributed by atoms with van der Waals surface area (Å²) < 4.78 is 19.1. The highest BCUT2D eigenvalue weighted by Gasteiger charge is 2.07. The topological polar surface area (TPSA) is 46.5 Å². The summed E-state index contributed by atoms with van der Waals surface area (Å²) in [6, 6.07) is 9.01. The van der Waals surface area contributed by atoms with E-state index >= 15 is 0 Å². The van der Waals surface area contributed by atoms with Crippen LogP contribution in [0.3, 0.4) is 0 Å². The standard InChI is InChI=1S/C15H9BrClFO3/c16-12-8-11(4-5-13(12)18)21-14-7-10(17)3-1-9(14)2-6-15(19)20/h1-8H,(H,19,20)/b6-2+. The van der Waals surface area contributed by atoms with E-state index < -0.39 is 11.8 Å². The highest BCUT2D eigenvalue weighted by molar-refractivity contribution is 9.10. The third-order valence-electron chi connectivity index (χ3n) is 2.50. The zero-order valence-corrected chi connectivity index (χ0v) is 12.9. The first-order valence-electron chi connectivity index (χ1n) is 5.79. The van der Waals surface area contributed by atoms with Crippen LogP contribution in [0.1, 0.15) is 5.56 Å². The molecule has 0 bridgehead atoms. The third kappa shape index (κ3) is 4.31. The number of rotatable bonds is 4. The van der Waals surface area contributed by atoms with Gasteiger partial charge in [-0.1, -0.05) is 11.6 Å². The van der Waals surface area contributed by atoms with Gasteiger partial charge in [-0.2, -0.15) is 0 Å². The number of halogens is 3. The van der Waals surface area contributed by atoms with Crippen LogP contribution >= 0.6 is 27.5 Å². The molecule has 0 aliphatic rings. The van der Waals surface area contributed by atoms with Crippen molar-refractivity contribution in [1.29, 1.82) is 0 Å². The van der Waals surface area contributed by atoms with Gasteiger partial charge in [0.05, 0.1) is 4.47 Å². The summed E-state index contributed by atoms with van der Waals surface area (Å²) in [5, 5.41) is 9.12. The summed E-state index contributed by atoms with van der Waals surface area (Å²) in [6.45, 7) is 0. The number of hydrogen-bond acceptors (Lipinski definition) is 2. The van der Waals surface area contributed by atoms with Crippen LogP contribution in [0.25, 0.3) is 6.08 Å². The zero-order chi connectivity index (χ0) is 15.4. The molecule has 0 atom stereocenters. The van der Waals surface area contributed by atoms with Crippen molar-refractivity contribution < 1.29 is 19.0 Å². The Morgan fingerprint density at radius 2 is 2.05 bits per heavy atom. The van der Waals surface area contributed by atoms with E-state index in [0.717, 1.165) is 6.08 Å².